The maximum Gasteiger partial charge on any atom is 0.260 e. The molecule has 0 atom stereocenters. The van der Waals surface area contributed by atoms with Crippen LogP contribution in [0.1, 0.15) is 40.8 Å². The van der Waals surface area contributed by atoms with Crippen molar-refractivity contribution in [3.8, 4) is 5.88 Å². The summed E-state index contributed by atoms with van der Waals surface area (Å²) in [5.74, 6) is 1.85. The fourth-order valence-electron chi connectivity index (χ4n) is 2.74. The van der Waals surface area contributed by atoms with E-state index in [-0.39, 0.29) is 11.8 Å². The minimum absolute atomic E-state index is 0.0508. The average molecular weight is 305 g/mol. The van der Waals surface area contributed by atoms with Crippen LogP contribution in [0.4, 0.5) is 0 Å². The summed E-state index contributed by atoms with van der Waals surface area (Å²) in [5.41, 5.74) is 0.497. The molecule has 2 aromatic heterocycles. The number of rotatable bonds is 3. The molecule has 8 heteroatoms. The molecule has 0 N–H and O–H groups in total. The number of piperidine rings is 1. The zero-order valence-electron chi connectivity index (χ0n) is 12.9. The number of aromatic nitrogens is 4. The first-order valence-corrected chi connectivity index (χ1v) is 7.25. The molecule has 0 radical (unpaired) electrons. The maximum atomic E-state index is 12.6. The molecule has 0 aliphatic carbocycles. The van der Waals surface area contributed by atoms with E-state index in [1.54, 1.807) is 24.9 Å². The van der Waals surface area contributed by atoms with Gasteiger partial charge in [0.15, 0.2) is 5.82 Å². The lowest BCUT2D eigenvalue weighted by Gasteiger charge is -2.30. The number of aryl methyl sites for hydroxylation is 2. The van der Waals surface area contributed by atoms with Gasteiger partial charge in [-0.25, -0.2) is 0 Å². The minimum atomic E-state index is -0.0508. The first-order valence-electron chi connectivity index (χ1n) is 7.25. The molecular weight excluding hydrogens is 286 g/mol. The van der Waals surface area contributed by atoms with Gasteiger partial charge in [-0.2, -0.15) is 4.98 Å². The third-order valence-electron chi connectivity index (χ3n) is 3.89. The highest BCUT2D eigenvalue weighted by molar-refractivity contribution is 5.96. The van der Waals surface area contributed by atoms with Gasteiger partial charge in [0.2, 0.25) is 11.8 Å². The fourth-order valence-corrected chi connectivity index (χ4v) is 2.74. The largest absolute Gasteiger partial charge is 0.479 e. The third-order valence-corrected chi connectivity index (χ3v) is 3.89. The molecule has 3 heterocycles. The van der Waals surface area contributed by atoms with Crippen molar-refractivity contribution in [1.29, 1.82) is 0 Å². The predicted molar refractivity (Wildman–Crippen MR) is 76.7 cm³/mol. The van der Waals surface area contributed by atoms with Gasteiger partial charge >= 0.3 is 0 Å². The Balaban J connectivity index is 1.67. The van der Waals surface area contributed by atoms with E-state index in [1.165, 1.54) is 7.11 Å². The van der Waals surface area contributed by atoms with Crippen molar-refractivity contribution in [1.82, 2.24) is 24.8 Å². The molecule has 118 valence electrons. The summed E-state index contributed by atoms with van der Waals surface area (Å²) >= 11 is 0. The van der Waals surface area contributed by atoms with E-state index in [1.807, 2.05) is 4.90 Å². The molecule has 8 nitrogen and oxygen atoms in total. The van der Waals surface area contributed by atoms with Crippen LogP contribution >= 0.6 is 0 Å². The summed E-state index contributed by atoms with van der Waals surface area (Å²) in [6, 6.07) is 0. The van der Waals surface area contributed by atoms with Crippen molar-refractivity contribution < 1.29 is 14.1 Å². The van der Waals surface area contributed by atoms with Crippen LogP contribution in [0.15, 0.2) is 10.7 Å². The van der Waals surface area contributed by atoms with Crippen molar-refractivity contribution in [3.63, 3.8) is 0 Å². The molecule has 3 rings (SSSR count). The van der Waals surface area contributed by atoms with E-state index in [0.29, 0.717) is 36.2 Å². The van der Waals surface area contributed by atoms with Crippen LogP contribution in [-0.2, 0) is 7.05 Å². The van der Waals surface area contributed by atoms with Gasteiger partial charge in [0.25, 0.3) is 5.91 Å². The van der Waals surface area contributed by atoms with Gasteiger partial charge in [-0.3, -0.25) is 9.48 Å². The molecule has 22 heavy (non-hydrogen) atoms. The summed E-state index contributed by atoms with van der Waals surface area (Å²) in [4.78, 5) is 18.7. The van der Waals surface area contributed by atoms with Crippen LogP contribution < -0.4 is 4.74 Å². The van der Waals surface area contributed by atoms with Crippen molar-refractivity contribution in [2.24, 2.45) is 7.05 Å². The number of amides is 1. The molecule has 0 spiro atoms. The molecule has 1 aliphatic heterocycles. The van der Waals surface area contributed by atoms with Gasteiger partial charge in [-0.1, -0.05) is 5.16 Å². The van der Waals surface area contributed by atoms with Crippen molar-refractivity contribution in [3.05, 3.63) is 23.5 Å². The predicted octanol–water partition coefficient (Wildman–Crippen LogP) is 1.14. The molecular formula is C14H19N5O3. The summed E-state index contributed by atoms with van der Waals surface area (Å²) in [7, 11) is 3.28. The second-order valence-electron chi connectivity index (χ2n) is 5.47. The number of carbonyl (C=O) groups excluding carboxylic acids is 1. The van der Waals surface area contributed by atoms with Gasteiger partial charge in [-0.05, 0) is 19.8 Å². The Kier molecular flexibility index (Phi) is 3.82. The standard InChI is InChI=1S/C14H19N5O3/c1-9-15-12(22-17-9)10-4-6-19(7-5-10)14(20)11-8-18(2)16-13(11)21-3/h8,10H,4-7H2,1-3H3. The number of hydrogen-bond donors (Lipinski definition) is 0. The number of methoxy groups -OCH3 is 1. The first kappa shape index (κ1) is 14.6. The fraction of sp³-hybridized carbons (Fsp3) is 0.571. The molecule has 1 aliphatic rings. The lowest BCUT2D eigenvalue weighted by atomic mass is 9.96. The van der Waals surface area contributed by atoms with E-state index < -0.39 is 0 Å². The Morgan fingerprint density at radius 2 is 2.14 bits per heavy atom. The van der Waals surface area contributed by atoms with Crippen molar-refractivity contribution in [2.75, 3.05) is 20.2 Å². The molecule has 1 amide bonds. The topological polar surface area (TPSA) is 86.3 Å². The number of likely N-dealkylation sites (tertiary alicyclic amines) is 1. The molecule has 1 saturated heterocycles. The van der Waals surface area contributed by atoms with E-state index in [9.17, 15) is 4.79 Å². The molecule has 0 unspecified atom stereocenters. The van der Waals surface area contributed by atoms with Gasteiger partial charge in [-0.15, -0.1) is 5.10 Å². The second kappa shape index (κ2) is 5.78. The SMILES string of the molecule is COc1nn(C)cc1C(=O)N1CCC(c2nc(C)no2)CC1. The van der Waals surface area contributed by atoms with Gasteiger partial charge in [0.05, 0.1) is 7.11 Å². The summed E-state index contributed by atoms with van der Waals surface area (Å²) < 4.78 is 12.0. The van der Waals surface area contributed by atoms with Crippen molar-refractivity contribution >= 4 is 5.91 Å². The third kappa shape index (κ3) is 2.68. The average Bonchev–Trinajstić information content (AvgIpc) is 3.12. The molecule has 0 aromatic carbocycles. The zero-order chi connectivity index (χ0) is 15.7. The number of ether oxygens (including phenoxy) is 1. The monoisotopic (exact) mass is 305 g/mol. The van der Waals surface area contributed by atoms with Crippen molar-refractivity contribution in [2.45, 2.75) is 25.7 Å². The Hall–Kier alpha value is -2.38. The molecule has 0 saturated carbocycles. The lowest BCUT2D eigenvalue weighted by molar-refractivity contribution is 0.0701. The number of nitrogens with zero attached hydrogens (tertiary/aromatic N) is 5. The summed E-state index contributed by atoms with van der Waals surface area (Å²) in [5, 5.41) is 7.95. The van der Waals surface area contributed by atoms with E-state index in [0.717, 1.165) is 12.8 Å². The number of carbonyl (C=O) groups is 1. The maximum absolute atomic E-state index is 12.6. The molecule has 1 fully saturated rings. The highest BCUT2D eigenvalue weighted by Crippen LogP contribution is 2.28. The van der Waals surface area contributed by atoms with E-state index in [4.69, 9.17) is 9.26 Å². The Morgan fingerprint density at radius 1 is 1.41 bits per heavy atom. The van der Waals surface area contributed by atoms with E-state index >= 15 is 0 Å². The Bertz CT molecular complexity index is 670. The van der Waals surface area contributed by atoms with Crippen LogP contribution in [0.3, 0.4) is 0 Å². The van der Waals surface area contributed by atoms with Crippen LogP contribution in [0.5, 0.6) is 5.88 Å². The first-order chi connectivity index (χ1) is 10.6. The Morgan fingerprint density at radius 3 is 2.73 bits per heavy atom. The van der Waals surface area contributed by atoms with Crippen LogP contribution in [0, 0.1) is 6.92 Å². The summed E-state index contributed by atoms with van der Waals surface area (Å²) in [6.07, 6.45) is 3.32. The highest BCUT2D eigenvalue weighted by Gasteiger charge is 2.29. The normalized spacial score (nSPS) is 16.0. The molecule has 2 aromatic rings. The van der Waals surface area contributed by atoms with E-state index in [2.05, 4.69) is 15.2 Å². The van der Waals surface area contributed by atoms with Gasteiger partial charge < -0.3 is 14.2 Å². The lowest BCUT2D eigenvalue weighted by Crippen LogP contribution is -2.38. The van der Waals surface area contributed by atoms with Gasteiger partial charge in [0.1, 0.15) is 5.56 Å². The smallest absolute Gasteiger partial charge is 0.260 e. The van der Waals surface area contributed by atoms with Gasteiger partial charge in [0, 0.05) is 32.3 Å². The number of hydrogen-bond acceptors (Lipinski definition) is 6. The van der Waals surface area contributed by atoms with Crippen LogP contribution in [0.2, 0.25) is 0 Å². The summed E-state index contributed by atoms with van der Waals surface area (Å²) in [6.45, 7) is 3.12. The quantitative estimate of drug-likeness (QED) is 0.845. The Labute approximate surface area is 128 Å². The highest BCUT2D eigenvalue weighted by atomic mass is 16.5. The zero-order valence-corrected chi connectivity index (χ0v) is 12.9. The minimum Gasteiger partial charge on any atom is -0.479 e. The second-order valence-corrected chi connectivity index (χ2v) is 5.47. The van der Waals surface area contributed by atoms with Crippen LogP contribution in [-0.4, -0.2) is 50.9 Å². The molecule has 0 bridgehead atoms. The van der Waals surface area contributed by atoms with Crippen LogP contribution in [0.25, 0.3) is 0 Å².